The van der Waals surface area contributed by atoms with Crippen molar-refractivity contribution in [3.63, 3.8) is 0 Å². The zero-order valence-corrected chi connectivity index (χ0v) is 9.53. The molecule has 2 amide bonds. The number of imide groups is 1. The molecular weight excluding hydrogens is 242 g/mol. The molecule has 0 atom stereocenters. The van der Waals surface area contributed by atoms with Gasteiger partial charge in [0.2, 0.25) is 11.8 Å². The van der Waals surface area contributed by atoms with Gasteiger partial charge in [-0.05, 0) is 0 Å². The molecule has 1 aliphatic heterocycles. The molecule has 0 aromatic carbocycles. The average molecular weight is 251 g/mol. The average Bonchev–Trinajstić information content (AvgIpc) is 2.27. The number of thiocarbonyl (C=S) groups is 1. The third-order valence-electron chi connectivity index (χ3n) is 2.16. The third-order valence-corrected chi connectivity index (χ3v) is 2.35. The summed E-state index contributed by atoms with van der Waals surface area (Å²) >= 11 is 4.84. The van der Waals surface area contributed by atoms with E-state index in [9.17, 15) is 9.59 Å². The Hall–Kier alpha value is -2.09. The number of hydrogen-bond acceptors (Lipinski definition) is 6. The summed E-state index contributed by atoms with van der Waals surface area (Å²) in [5.74, 6) is -0.426. The number of piperazine rings is 1. The smallest absolute Gasteiger partial charge is 0.246 e. The minimum absolute atomic E-state index is 0.0278. The topological polar surface area (TPSA) is 101 Å². The maximum absolute atomic E-state index is 11.3. The predicted molar refractivity (Wildman–Crippen MR) is 63.3 cm³/mol. The molecule has 7 nitrogen and oxygen atoms in total. The molecule has 0 bridgehead atoms. The van der Waals surface area contributed by atoms with E-state index in [0.717, 1.165) is 0 Å². The van der Waals surface area contributed by atoms with Crippen LogP contribution in [-0.4, -0.2) is 39.9 Å². The van der Waals surface area contributed by atoms with Crippen molar-refractivity contribution in [2.75, 3.05) is 18.0 Å². The Morgan fingerprint density at radius 3 is 2.47 bits per heavy atom. The van der Waals surface area contributed by atoms with Crippen molar-refractivity contribution in [2.24, 2.45) is 5.73 Å². The van der Waals surface area contributed by atoms with Gasteiger partial charge in [-0.2, -0.15) is 0 Å². The molecule has 17 heavy (non-hydrogen) atoms. The van der Waals surface area contributed by atoms with Crippen LogP contribution < -0.4 is 16.0 Å². The first-order valence-electron chi connectivity index (χ1n) is 4.76. The van der Waals surface area contributed by atoms with E-state index in [1.54, 1.807) is 0 Å². The largest absolute Gasteiger partial charge is 0.388 e. The van der Waals surface area contributed by atoms with Crippen LogP contribution in [0.15, 0.2) is 12.4 Å². The summed E-state index contributed by atoms with van der Waals surface area (Å²) in [6.07, 6.45) is 2.90. The van der Waals surface area contributed by atoms with E-state index >= 15 is 0 Å². The normalized spacial score (nSPS) is 15.6. The highest BCUT2D eigenvalue weighted by Crippen LogP contribution is 2.15. The first-order chi connectivity index (χ1) is 8.08. The lowest BCUT2D eigenvalue weighted by Gasteiger charge is -2.27. The third kappa shape index (κ3) is 2.36. The van der Waals surface area contributed by atoms with Crippen molar-refractivity contribution in [3.8, 4) is 0 Å². The van der Waals surface area contributed by atoms with Gasteiger partial charge in [0, 0.05) is 12.4 Å². The van der Waals surface area contributed by atoms with Crippen LogP contribution >= 0.6 is 12.2 Å². The summed E-state index contributed by atoms with van der Waals surface area (Å²) in [5, 5.41) is 2.20. The number of rotatable bonds is 2. The van der Waals surface area contributed by atoms with Gasteiger partial charge in [-0.3, -0.25) is 14.9 Å². The number of carbonyl (C=O) groups is 2. The second kappa shape index (κ2) is 4.42. The maximum atomic E-state index is 11.3. The van der Waals surface area contributed by atoms with Gasteiger partial charge in [0.15, 0.2) is 5.82 Å². The van der Waals surface area contributed by atoms with Crippen LogP contribution in [-0.2, 0) is 9.59 Å². The lowest BCUT2D eigenvalue weighted by atomic mass is 10.3. The number of nitrogens with one attached hydrogen (secondary N) is 1. The van der Waals surface area contributed by atoms with Crippen LogP contribution in [0.3, 0.4) is 0 Å². The quantitative estimate of drug-likeness (QED) is 0.491. The molecular formula is C9H9N5O2S. The summed E-state index contributed by atoms with van der Waals surface area (Å²) < 4.78 is 0. The molecule has 2 heterocycles. The van der Waals surface area contributed by atoms with Crippen molar-refractivity contribution < 1.29 is 9.59 Å². The van der Waals surface area contributed by atoms with Crippen LogP contribution in [0.1, 0.15) is 5.69 Å². The van der Waals surface area contributed by atoms with Crippen LogP contribution in [0.25, 0.3) is 0 Å². The molecule has 3 N–H and O–H groups in total. The lowest BCUT2D eigenvalue weighted by molar-refractivity contribution is -0.130. The van der Waals surface area contributed by atoms with Gasteiger partial charge >= 0.3 is 0 Å². The number of anilines is 1. The van der Waals surface area contributed by atoms with Gasteiger partial charge in [-0.1, -0.05) is 12.2 Å². The van der Waals surface area contributed by atoms with Gasteiger partial charge in [0.05, 0.1) is 13.1 Å². The van der Waals surface area contributed by atoms with Crippen LogP contribution in [0.5, 0.6) is 0 Å². The Labute approximate surface area is 102 Å². The van der Waals surface area contributed by atoms with E-state index in [2.05, 4.69) is 15.3 Å². The highest BCUT2D eigenvalue weighted by molar-refractivity contribution is 7.80. The molecule has 0 spiro atoms. The van der Waals surface area contributed by atoms with E-state index in [1.165, 1.54) is 17.3 Å². The molecule has 8 heteroatoms. The van der Waals surface area contributed by atoms with Gasteiger partial charge in [-0.15, -0.1) is 0 Å². The number of aromatic nitrogens is 2. The van der Waals surface area contributed by atoms with E-state index in [4.69, 9.17) is 18.0 Å². The molecule has 88 valence electrons. The molecule has 0 aliphatic carbocycles. The van der Waals surface area contributed by atoms with Gasteiger partial charge in [-0.25, -0.2) is 9.97 Å². The highest BCUT2D eigenvalue weighted by Gasteiger charge is 2.26. The summed E-state index contributed by atoms with van der Waals surface area (Å²) in [5.41, 5.74) is 5.82. The molecule has 1 aromatic heterocycles. The number of amides is 2. The van der Waals surface area contributed by atoms with E-state index in [1.807, 2.05) is 0 Å². The molecule has 1 fully saturated rings. The zero-order chi connectivity index (χ0) is 12.4. The Kier molecular flexibility index (Phi) is 2.96. The predicted octanol–water partition coefficient (Wildman–Crippen LogP) is -1.43. The highest BCUT2D eigenvalue weighted by atomic mass is 32.1. The van der Waals surface area contributed by atoms with Crippen LogP contribution in [0, 0.1) is 0 Å². The Balaban J connectivity index is 2.36. The van der Waals surface area contributed by atoms with Crippen molar-refractivity contribution in [1.82, 2.24) is 15.3 Å². The fourth-order valence-corrected chi connectivity index (χ4v) is 1.67. The number of hydrogen-bond donors (Lipinski definition) is 2. The maximum Gasteiger partial charge on any atom is 0.246 e. The van der Waals surface area contributed by atoms with Crippen LogP contribution in [0.2, 0.25) is 0 Å². The molecule has 1 aromatic rings. The van der Waals surface area contributed by atoms with E-state index in [0.29, 0.717) is 11.5 Å². The van der Waals surface area contributed by atoms with Crippen molar-refractivity contribution in [1.29, 1.82) is 0 Å². The summed E-state index contributed by atoms with van der Waals surface area (Å²) in [7, 11) is 0. The summed E-state index contributed by atoms with van der Waals surface area (Å²) in [6.45, 7) is 0.0556. The van der Waals surface area contributed by atoms with Crippen molar-refractivity contribution >= 4 is 34.8 Å². The lowest BCUT2D eigenvalue weighted by Crippen LogP contribution is -2.52. The van der Waals surface area contributed by atoms with Gasteiger partial charge in [0.25, 0.3) is 0 Å². The molecule has 0 radical (unpaired) electrons. The molecule has 0 unspecified atom stereocenters. The monoisotopic (exact) mass is 251 g/mol. The molecule has 2 rings (SSSR count). The van der Waals surface area contributed by atoms with E-state index < -0.39 is 0 Å². The van der Waals surface area contributed by atoms with Crippen molar-refractivity contribution in [3.05, 3.63) is 18.1 Å². The van der Waals surface area contributed by atoms with E-state index in [-0.39, 0.29) is 29.9 Å². The fourth-order valence-electron chi connectivity index (χ4n) is 1.52. The number of nitrogens with two attached hydrogens (primary N) is 1. The minimum atomic E-state index is -0.388. The SMILES string of the molecule is NC(=S)c1nccnc1N1CC(=O)NC(=O)C1. The summed E-state index contributed by atoms with van der Waals surface area (Å²) in [6, 6.07) is 0. The van der Waals surface area contributed by atoms with Crippen molar-refractivity contribution in [2.45, 2.75) is 0 Å². The zero-order valence-electron chi connectivity index (χ0n) is 8.71. The molecule has 0 saturated carbocycles. The summed E-state index contributed by atoms with van der Waals surface area (Å²) in [4.78, 5) is 32.1. The number of carbonyl (C=O) groups excluding carboxylic acids is 2. The standard InChI is InChI=1S/C9H9N5O2S/c10-8(17)7-9(12-2-1-11-7)14-3-5(15)13-6(16)4-14/h1-2H,3-4H2,(H2,10,17)(H,13,15,16). The molecule has 1 aliphatic rings. The van der Waals surface area contributed by atoms with Crippen LogP contribution in [0.4, 0.5) is 5.82 Å². The Bertz CT molecular complexity index is 488. The fraction of sp³-hybridized carbons (Fsp3) is 0.222. The number of nitrogens with zero attached hydrogens (tertiary/aromatic N) is 3. The first kappa shape index (κ1) is 11.4. The minimum Gasteiger partial charge on any atom is -0.388 e. The molecule has 1 saturated heterocycles. The Morgan fingerprint density at radius 1 is 1.29 bits per heavy atom. The Morgan fingerprint density at radius 2 is 1.88 bits per heavy atom. The van der Waals surface area contributed by atoms with Gasteiger partial charge < -0.3 is 10.6 Å². The van der Waals surface area contributed by atoms with Gasteiger partial charge in [0.1, 0.15) is 10.7 Å². The second-order valence-electron chi connectivity index (χ2n) is 3.42. The first-order valence-corrected chi connectivity index (χ1v) is 5.17. The second-order valence-corrected chi connectivity index (χ2v) is 3.86.